The van der Waals surface area contributed by atoms with Crippen LogP contribution >= 0.6 is 23.2 Å². The molecule has 1 saturated heterocycles. The van der Waals surface area contributed by atoms with E-state index in [1.807, 2.05) is 0 Å². The smallest absolute Gasteiger partial charge is 0.243 e. The molecule has 0 aliphatic carbocycles. The van der Waals surface area contributed by atoms with Crippen molar-refractivity contribution in [2.45, 2.75) is 11.0 Å². The molecule has 1 aliphatic heterocycles. The molecule has 1 unspecified atom stereocenters. The van der Waals surface area contributed by atoms with E-state index in [2.05, 4.69) is 0 Å². The normalized spacial score (nSPS) is 19.4. The summed E-state index contributed by atoms with van der Waals surface area (Å²) < 4.78 is 46.3. The van der Waals surface area contributed by atoms with E-state index in [1.165, 1.54) is 28.6 Å². The molecular weight excluding hydrogens is 376 g/mol. The molecule has 1 atom stereocenters. The summed E-state index contributed by atoms with van der Waals surface area (Å²) >= 11 is 11.8. The van der Waals surface area contributed by atoms with Gasteiger partial charge in [0, 0.05) is 18.7 Å². The monoisotopic (exact) mass is 389 g/mol. The van der Waals surface area contributed by atoms with Gasteiger partial charge in [-0.2, -0.15) is 4.31 Å². The van der Waals surface area contributed by atoms with Crippen molar-refractivity contribution in [1.82, 2.24) is 4.31 Å². The molecule has 24 heavy (non-hydrogen) atoms. The highest BCUT2D eigenvalue weighted by Crippen LogP contribution is 2.30. The van der Waals surface area contributed by atoms with Crippen LogP contribution in [0.2, 0.25) is 10.0 Å². The number of rotatable bonds is 3. The van der Waals surface area contributed by atoms with Crippen LogP contribution in [-0.2, 0) is 14.8 Å². The molecule has 1 heterocycles. The van der Waals surface area contributed by atoms with E-state index >= 15 is 0 Å². The molecule has 1 aliphatic rings. The lowest BCUT2D eigenvalue weighted by molar-refractivity contribution is -0.00442. The Kier molecular flexibility index (Phi) is 5.13. The lowest BCUT2D eigenvalue weighted by Gasteiger charge is -2.32. The van der Waals surface area contributed by atoms with E-state index in [0.717, 1.165) is 0 Å². The highest BCUT2D eigenvalue weighted by Gasteiger charge is 2.32. The second-order valence-corrected chi connectivity index (χ2v) is 8.07. The van der Waals surface area contributed by atoms with Gasteiger partial charge in [0.15, 0.2) is 0 Å². The topological polar surface area (TPSA) is 46.6 Å². The van der Waals surface area contributed by atoms with Crippen LogP contribution in [0.3, 0.4) is 0 Å². The second kappa shape index (κ2) is 6.98. The first-order valence-electron chi connectivity index (χ1n) is 7.21. The van der Waals surface area contributed by atoms with Crippen molar-refractivity contribution in [1.29, 1.82) is 0 Å². The van der Waals surface area contributed by atoms with Crippen LogP contribution in [-0.4, -0.2) is 32.4 Å². The minimum absolute atomic E-state index is 0.0313. The maximum absolute atomic E-state index is 13.9. The average molecular weight is 390 g/mol. The maximum atomic E-state index is 13.9. The Morgan fingerprint density at radius 3 is 2.58 bits per heavy atom. The van der Waals surface area contributed by atoms with Gasteiger partial charge in [0.2, 0.25) is 10.0 Å². The second-order valence-electron chi connectivity index (χ2n) is 5.32. The fraction of sp³-hybridized carbons (Fsp3) is 0.250. The quantitative estimate of drug-likeness (QED) is 0.799. The molecule has 0 bridgehead atoms. The van der Waals surface area contributed by atoms with Crippen LogP contribution in [0.5, 0.6) is 0 Å². The maximum Gasteiger partial charge on any atom is 0.243 e. The highest BCUT2D eigenvalue weighted by atomic mass is 35.5. The van der Waals surface area contributed by atoms with Gasteiger partial charge in [-0.15, -0.1) is 0 Å². The molecule has 3 rings (SSSR count). The van der Waals surface area contributed by atoms with Gasteiger partial charge in [0.25, 0.3) is 0 Å². The number of halogens is 3. The van der Waals surface area contributed by atoms with Gasteiger partial charge >= 0.3 is 0 Å². The molecule has 4 nitrogen and oxygen atoms in total. The van der Waals surface area contributed by atoms with Crippen LogP contribution in [0.1, 0.15) is 11.7 Å². The summed E-state index contributed by atoms with van der Waals surface area (Å²) in [5.74, 6) is -0.420. The van der Waals surface area contributed by atoms with Crippen molar-refractivity contribution in [3.8, 4) is 0 Å². The molecule has 8 heteroatoms. The number of benzene rings is 2. The Balaban J connectivity index is 1.88. The number of nitrogens with zero attached hydrogens (tertiary/aromatic N) is 1. The number of ether oxygens (including phenoxy) is 1. The van der Waals surface area contributed by atoms with Gasteiger partial charge in [0.1, 0.15) is 5.82 Å². The zero-order valence-electron chi connectivity index (χ0n) is 12.5. The molecule has 0 spiro atoms. The molecule has 2 aromatic carbocycles. The first kappa shape index (κ1) is 17.6. The van der Waals surface area contributed by atoms with Crippen molar-refractivity contribution in [3.63, 3.8) is 0 Å². The average Bonchev–Trinajstić information content (AvgIpc) is 2.58. The van der Waals surface area contributed by atoms with E-state index in [4.69, 9.17) is 27.9 Å². The fourth-order valence-corrected chi connectivity index (χ4v) is 4.37. The predicted molar refractivity (Wildman–Crippen MR) is 90.3 cm³/mol. The summed E-state index contributed by atoms with van der Waals surface area (Å²) in [6, 6.07) is 10.3. The van der Waals surface area contributed by atoms with Crippen molar-refractivity contribution in [2.24, 2.45) is 0 Å². The van der Waals surface area contributed by atoms with Crippen LogP contribution in [0, 0.1) is 5.82 Å². The summed E-state index contributed by atoms with van der Waals surface area (Å²) in [7, 11) is -3.77. The Labute approximate surface area is 149 Å². The molecule has 0 amide bonds. The van der Waals surface area contributed by atoms with Gasteiger partial charge in [0.05, 0.1) is 27.7 Å². The number of morpholine rings is 1. The number of sulfonamides is 1. The van der Waals surface area contributed by atoms with Crippen molar-refractivity contribution in [2.75, 3.05) is 19.7 Å². The standard InChI is InChI=1S/C16H14Cl2FNO3S/c17-13-6-5-11(9-14(13)18)24(21,22)20-7-8-23-16(10-20)12-3-1-2-4-15(12)19/h1-6,9,16H,7-8,10H2. The van der Waals surface area contributed by atoms with Crippen LogP contribution in [0.15, 0.2) is 47.4 Å². The Hall–Kier alpha value is -1.18. The summed E-state index contributed by atoms with van der Waals surface area (Å²) in [5, 5.41) is 0.443. The lowest BCUT2D eigenvalue weighted by atomic mass is 10.1. The van der Waals surface area contributed by atoms with E-state index in [9.17, 15) is 12.8 Å². The van der Waals surface area contributed by atoms with Crippen LogP contribution in [0.4, 0.5) is 4.39 Å². The highest BCUT2D eigenvalue weighted by molar-refractivity contribution is 7.89. The summed E-state index contributed by atoms with van der Waals surface area (Å²) in [6.07, 6.45) is -0.655. The van der Waals surface area contributed by atoms with Gasteiger partial charge < -0.3 is 4.74 Å². The molecule has 0 saturated carbocycles. The largest absolute Gasteiger partial charge is 0.371 e. The van der Waals surface area contributed by atoms with Crippen molar-refractivity contribution < 1.29 is 17.5 Å². The Bertz CT molecular complexity index is 860. The third-order valence-electron chi connectivity index (χ3n) is 3.81. The molecule has 0 aromatic heterocycles. The SMILES string of the molecule is O=S(=O)(c1ccc(Cl)c(Cl)c1)N1CCOC(c2ccccc2F)C1. The first-order valence-corrected chi connectivity index (χ1v) is 9.40. The molecule has 2 aromatic rings. The molecule has 0 radical (unpaired) electrons. The fourth-order valence-electron chi connectivity index (χ4n) is 2.55. The van der Waals surface area contributed by atoms with E-state index in [-0.39, 0.29) is 34.6 Å². The third kappa shape index (κ3) is 3.43. The minimum Gasteiger partial charge on any atom is -0.371 e. The third-order valence-corrected chi connectivity index (χ3v) is 6.41. The summed E-state index contributed by atoms with van der Waals surface area (Å²) in [6.45, 7) is 0.399. The Morgan fingerprint density at radius 2 is 1.88 bits per heavy atom. The lowest BCUT2D eigenvalue weighted by Crippen LogP contribution is -2.42. The molecule has 0 N–H and O–H groups in total. The number of hydrogen-bond donors (Lipinski definition) is 0. The minimum atomic E-state index is -3.77. The van der Waals surface area contributed by atoms with Gasteiger partial charge in [-0.25, -0.2) is 12.8 Å². The first-order chi connectivity index (χ1) is 11.4. The van der Waals surface area contributed by atoms with Crippen LogP contribution in [0.25, 0.3) is 0 Å². The van der Waals surface area contributed by atoms with Crippen LogP contribution < -0.4 is 0 Å². The van der Waals surface area contributed by atoms with Crippen molar-refractivity contribution >= 4 is 33.2 Å². The zero-order valence-corrected chi connectivity index (χ0v) is 14.8. The summed E-state index contributed by atoms with van der Waals surface area (Å²) in [4.78, 5) is 0.0473. The zero-order chi connectivity index (χ0) is 17.3. The van der Waals surface area contributed by atoms with E-state index < -0.39 is 21.9 Å². The van der Waals surface area contributed by atoms with Gasteiger partial charge in [-0.05, 0) is 24.3 Å². The van der Waals surface area contributed by atoms with E-state index in [1.54, 1.807) is 18.2 Å². The molecule has 128 valence electrons. The van der Waals surface area contributed by atoms with Crippen molar-refractivity contribution in [3.05, 3.63) is 63.9 Å². The number of hydrogen-bond acceptors (Lipinski definition) is 3. The predicted octanol–water partition coefficient (Wildman–Crippen LogP) is 3.89. The molecular formula is C16H14Cl2FNO3S. The van der Waals surface area contributed by atoms with E-state index in [0.29, 0.717) is 5.56 Å². The Morgan fingerprint density at radius 1 is 1.12 bits per heavy atom. The molecule has 1 fully saturated rings. The van der Waals surface area contributed by atoms with Gasteiger partial charge in [-0.3, -0.25) is 0 Å². The summed E-state index contributed by atoms with van der Waals surface area (Å²) in [5.41, 5.74) is 0.339. The van der Waals surface area contributed by atoms with Gasteiger partial charge in [-0.1, -0.05) is 41.4 Å².